The second-order valence-corrected chi connectivity index (χ2v) is 11.6. The van der Waals surface area contributed by atoms with Gasteiger partial charge in [0.25, 0.3) is 0 Å². The van der Waals surface area contributed by atoms with E-state index in [0.29, 0.717) is 41.8 Å². The second-order valence-electron chi connectivity index (χ2n) is 6.36. The molecule has 1 heterocycles. The summed E-state index contributed by atoms with van der Waals surface area (Å²) in [5.41, 5.74) is 1.38. The summed E-state index contributed by atoms with van der Waals surface area (Å²) >= 11 is 20.8. The van der Waals surface area contributed by atoms with Crippen molar-refractivity contribution in [3.63, 3.8) is 0 Å². The van der Waals surface area contributed by atoms with Crippen LogP contribution in [0.4, 0.5) is 0 Å². The van der Waals surface area contributed by atoms with Crippen molar-refractivity contribution in [1.82, 2.24) is 0 Å². The van der Waals surface area contributed by atoms with Gasteiger partial charge in [0.15, 0.2) is 18.6 Å². The van der Waals surface area contributed by atoms with Crippen LogP contribution in [0.25, 0.3) is 33.1 Å². The van der Waals surface area contributed by atoms with E-state index in [0.717, 1.165) is 0 Å². The van der Waals surface area contributed by atoms with Crippen molar-refractivity contribution in [3.05, 3.63) is 54.2 Å². The number of aromatic carboxylic acids is 1. The summed E-state index contributed by atoms with van der Waals surface area (Å²) in [4.78, 5) is 12.1. The van der Waals surface area contributed by atoms with E-state index < -0.39 is 5.97 Å². The molecule has 0 aliphatic carbocycles. The fraction of sp³-hybridized carbons (Fsp3) is 0. The number of rotatable bonds is 2. The van der Waals surface area contributed by atoms with Gasteiger partial charge in [-0.3, -0.25) is 0 Å². The minimum Gasteiger partial charge on any atom is -0.505 e. The van der Waals surface area contributed by atoms with Gasteiger partial charge in [0.05, 0.1) is 33.5 Å². The fourth-order valence-corrected chi connectivity index (χ4v) is 7.24. The summed E-state index contributed by atoms with van der Waals surface area (Å²) in [6.07, 6.45) is 0. The third-order valence-corrected chi connectivity index (χ3v) is 9.07. The third kappa shape index (κ3) is 4.55. The van der Waals surface area contributed by atoms with Crippen molar-refractivity contribution >= 4 is 141 Å². The van der Waals surface area contributed by atoms with Gasteiger partial charge >= 0.3 is 46.7 Å². The van der Waals surface area contributed by atoms with Crippen molar-refractivity contribution in [3.8, 4) is 22.6 Å². The zero-order valence-electron chi connectivity index (χ0n) is 15.7. The molecule has 0 radical (unpaired) electrons. The van der Waals surface area contributed by atoms with Gasteiger partial charge in [0.1, 0.15) is 0 Å². The Morgan fingerprint density at radius 3 is 1.75 bits per heavy atom. The molecule has 0 aliphatic rings. The minimum absolute atomic E-state index is 0. The van der Waals surface area contributed by atoms with E-state index in [4.69, 9.17) is 27.6 Å². The number of carboxylic acids is 1. The maximum absolute atomic E-state index is 12.1. The van der Waals surface area contributed by atoms with Gasteiger partial charge in [-0.25, -0.2) is 9.21 Å². The van der Waals surface area contributed by atoms with Crippen LogP contribution in [0.3, 0.4) is 0 Å². The van der Waals surface area contributed by atoms with E-state index in [2.05, 4.69) is 0 Å². The molecular formula is C20H7Cl2I4NaO5+2. The zero-order valence-corrected chi connectivity index (χ0v) is 27.9. The van der Waals surface area contributed by atoms with E-state index in [1.54, 1.807) is 12.1 Å². The Labute approximate surface area is 268 Å². The zero-order chi connectivity index (χ0) is 22.8. The van der Waals surface area contributed by atoms with E-state index in [1.807, 2.05) is 90.4 Å². The van der Waals surface area contributed by atoms with Crippen LogP contribution in [0, 0.1) is 14.3 Å². The average Bonchev–Trinajstić information content (AvgIpc) is 2.72. The molecule has 0 spiro atoms. The summed E-state index contributed by atoms with van der Waals surface area (Å²) in [7, 11) is 0. The smallest absolute Gasteiger partial charge is 0.505 e. The van der Waals surface area contributed by atoms with E-state index in [1.165, 1.54) is 12.1 Å². The second kappa shape index (κ2) is 10.5. The molecule has 4 rings (SSSR count). The van der Waals surface area contributed by atoms with Gasteiger partial charge in [-0.1, -0.05) is 23.2 Å². The van der Waals surface area contributed by atoms with E-state index >= 15 is 0 Å². The molecule has 0 atom stereocenters. The number of benzene rings is 3. The Kier molecular flexibility index (Phi) is 9.01. The molecule has 0 amide bonds. The van der Waals surface area contributed by atoms with Crippen molar-refractivity contribution in [2.75, 3.05) is 0 Å². The summed E-state index contributed by atoms with van der Waals surface area (Å²) in [6, 6.07) is 6.26. The Morgan fingerprint density at radius 2 is 1.31 bits per heavy atom. The van der Waals surface area contributed by atoms with Crippen LogP contribution >= 0.6 is 114 Å². The number of aromatic hydroxyl groups is 2. The first kappa shape index (κ1) is 27.5. The molecule has 32 heavy (non-hydrogen) atoms. The van der Waals surface area contributed by atoms with Crippen molar-refractivity contribution in [2.24, 2.45) is 0 Å². The molecule has 0 bridgehead atoms. The largest absolute Gasteiger partial charge is 1.00 e. The average molecular weight is 929 g/mol. The van der Waals surface area contributed by atoms with Crippen LogP contribution in [0.5, 0.6) is 11.5 Å². The number of phenolic OH excluding ortho intramolecular Hbond substituents is 2. The van der Waals surface area contributed by atoms with Crippen LogP contribution in [-0.4, -0.2) is 21.3 Å². The molecule has 158 valence electrons. The monoisotopic (exact) mass is 928 g/mol. The number of halogens is 6. The number of carbonyl (C=O) groups is 1. The topological polar surface area (TPSA) is 89.1 Å². The molecule has 3 N–H and O–H groups in total. The Bertz CT molecular complexity index is 1390. The van der Waals surface area contributed by atoms with Crippen LogP contribution in [-0.2, 0) is 0 Å². The normalized spacial score (nSPS) is 11.1. The molecule has 0 fully saturated rings. The molecule has 0 saturated heterocycles. The van der Waals surface area contributed by atoms with Gasteiger partial charge in [-0.05, 0) is 115 Å². The fourth-order valence-electron chi connectivity index (χ4n) is 3.24. The van der Waals surface area contributed by atoms with Crippen LogP contribution in [0.2, 0.25) is 10.0 Å². The number of phenols is 2. The maximum Gasteiger partial charge on any atom is 1.00 e. The van der Waals surface area contributed by atoms with Crippen LogP contribution in [0.15, 0.2) is 28.7 Å². The first-order valence-corrected chi connectivity index (χ1v) is 13.3. The van der Waals surface area contributed by atoms with Crippen molar-refractivity contribution in [2.45, 2.75) is 0 Å². The Hall–Kier alpha value is 0.900. The molecule has 0 unspecified atom stereocenters. The quantitative estimate of drug-likeness (QED) is 0.109. The molecule has 3 aromatic carbocycles. The molecule has 4 aromatic rings. The summed E-state index contributed by atoms with van der Waals surface area (Å²) in [6.45, 7) is 0. The Balaban J connectivity index is 0.00000289. The molecule has 0 aliphatic heterocycles. The van der Waals surface area contributed by atoms with Crippen molar-refractivity contribution in [1.29, 1.82) is 0 Å². The number of hydrogen-bond acceptors (Lipinski definition) is 3. The predicted molar refractivity (Wildman–Crippen MR) is 155 cm³/mol. The molecule has 0 saturated carbocycles. The number of hydrogen-bond donors (Lipinski definition) is 3. The Morgan fingerprint density at radius 1 is 0.844 bits per heavy atom. The number of carboxylic acid groups (broad SMARTS) is 1. The van der Waals surface area contributed by atoms with Gasteiger partial charge < -0.3 is 15.3 Å². The molecule has 5 nitrogen and oxygen atoms in total. The van der Waals surface area contributed by atoms with Gasteiger partial charge in [0.2, 0.25) is 0 Å². The van der Waals surface area contributed by atoms with Crippen molar-refractivity contribution < 1.29 is 54.1 Å². The van der Waals surface area contributed by atoms with Crippen LogP contribution < -0.4 is 29.6 Å². The SMILES string of the molecule is O=C(O)c1ccc(Cl)c(Cl)c1-c1c2cc(I)c(O)c(I)c2[o+]c2c(I)c(O)c(I)cc12.[Na+]. The first-order valence-electron chi connectivity index (χ1n) is 8.23. The maximum atomic E-state index is 12.1. The molecule has 12 heteroatoms. The molecular weight excluding hydrogens is 922 g/mol. The molecule has 1 aromatic heterocycles. The van der Waals surface area contributed by atoms with Gasteiger partial charge in [-0.2, -0.15) is 0 Å². The van der Waals surface area contributed by atoms with Crippen LogP contribution in [0.1, 0.15) is 10.4 Å². The summed E-state index contributed by atoms with van der Waals surface area (Å²) < 4.78 is 8.17. The van der Waals surface area contributed by atoms with E-state index in [9.17, 15) is 20.1 Å². The van der Waals surface area contributed by atoms with Gasteiger partial charge in [0, 0.05) is 11.1 Å². The third-order valence-electron chi connectivity index (χ3n) is 4.62. The predicted octanol–water partition coefficient (Wildman–Crippen LogP) is 5.37. The summed E-state index contributed by atoms with van der Waals surface area (Å²) in [5, 5.41) is 32.2. The minimum atomic E-state index is -1.16. The summed E-state index contributed by atoms with van der Waals surface area (Å²) in [5.74, 6) is -1.08. The number of fused-ring (bicyclic) bond motifs is 2. The standard InChI is InChI=1S/C20H6Cl2I4O5.Na/c21-8-2-1-5(20(29)30)12(13(8)22)11-6-3-9(23)16(27)14(25)18(6)31-19-7(11)4-10(24)17(28)15(19)26;/h1-4H,(H2-,27,28,29,30);/q;+1/p+1. The van der Waals surface area contributed by atoms with E-state index in [-0.39, 0.29) is 62.2 Å². The van der Waals surface area contributed by atoms with Gasteiger partial charge in [-0.15, -0.1) is 0 Å². The first-order chi connectivity index (χ1) is 14.5.